The van der Waals surface area contributed by atoms with Gasteiger partial charge in [-0.05, 0) is 17.7 Å². The molecular weight excluding hydrogens is 390 g/mol. The lowest BCUT2D eigenvalue weighted by molar-refractivity contribution is -0.115. The molecule has 2 rings (SSSR count). The molecule has 0 fully saturated rings. The van der Waals surface area contributed by atoms with E-state index in [1.54, 1.807) is 58.8 Å². The molecule has 0 unspecified atom stereocenters. The Kier molecular flexibility index (Phi) is 6.52. The predicted octanol–water partition coefficient (Wildman–Crippen LogP) is 3.66. The van der Waals surface area contributed by atoms with Crippen molar-refractivity contribution in [3.05, 3.63) is 40.4 Å². The predicted molar refractivity (Wildman–Crippen MR) is 99.1 cm³/mol. The Hall–Kier alpha value is -2.41. The average Bonchev–Trinajstić information content (AvgIpc) is 2.62. The van der Waals surface area contributed by atoms with Gasteiger partial charge >= 0.3 is 0 Å². The van der Waals surface area contributed by atoms with Gasteiger partial charge in [-0.2, -0.15) is 0 Å². The van der Waals surface area contributed by atoms with E-state index in [0.717, 1.165) is 10.0 Å². The summed E-state index contributed by atoms with van der Waals surface area (Å²) in [6.45, 7) is 0. The Morgan fingerprint density at radius 1 is 0.880 bits per heavy atom. The molecule has 0 saturated carbocycles. The lowest BCUT2D eigenvalue weighted by Crippen LogP contribution is -2.15. The van der Waals surface area contributed by atoms with Crippen molar-refractivity contribution in [2.75, 3.05) is 33.8 Å². The van der Waals surface area contributed by atoms with Gasteiger partial charge in [0, 0.05) is 28.4 Å². The maximum Gasteiger partial charge on any atom is 0.228 e. The molecule has 0 radical (unpaired) electrons. The first-order valence-electron chi connectivity index (χ1n) is 7.44. The van der Waals surface area contributed by atoms with Crippen LogP contribution in [0.15, 0.2) is 34.8 Å². The van der Waals surface area contributed by atoms with Crippen LogP contribution in [-0.4, -0.2) is 34.3 Å². The summed E-state index contributed by atoms with van der Waals surface area (Å²) in [5, 5.41) is 2.84. The molecule has 0 aromatic heterocycles. The van der Waals surface area contributed by atoms with Crippen molar-refractivity contribution >= 4 is 27.5 Å². The molecule has 134 valence electrons. The van der Waals surface area contributed by atoms with Crippen LogP contribution in [-0.2, 0) is 11.2 Å². The molecule has 1 amide bonds. The lowest BCUT2D eigenvalue weighted by Gasteiger charge is -2.13. The van der Waals surface area contributed by atoms with Gasteiger partial charge in [0.15, 0.2) is 11.5 Å². The van der Waals surface area contributed by atoms with Crippen LogP contribution < -0.4 is 24.3 Å². The van der Waals surface area contributed by atoms with Gasteiger partial charge in [0.2, 0.25) is 5.91 Å². The van der Waals surface area contributed by atoms with Crippen molar-refractivity contribution in [2.24, 2.45) is 0 Å². The number of anilines is 1. The number of nitrogens with one attached hydrogen (secondary N) is 1. The van der Waals surface area contributed by atoms with Crippen LogP contribution in [0, 0.1) is 0 Å². The van der Waals surface area contributed by atoms with E-state index >= 15 is 0 Å². The number of carbonyl (C=O) groups is 1. The summed E-state index contributed by atoms with van der Waals surface area (Å²) in [5.41, 5.74) is 1.38. The van der Waals surface area contributed by atoms with Crippen LogP contribution >= 0.6 is 15.9 Å². The highest BCUT2D eigenvalue weighted by Gasteiger charge is 2.13. The quantitative estimate of drug-likeness (QED) is 0.755. The zero-order chi connectivity index (χ0) is 18.4. The number of rotatable bonds is 7. The fraction of sp³-hybridized carbons (Fsp3) is 0.278. The van der Waals surface area contributed by atoms with Crippen LogP contribution in [0.25, 0.3) is 0 Å². The maximum absolute atomic E-state index is 12.4. The van der Waals surface area contributed by atoms with E-state index < -0.39 is 0 Å². The molecule has 1 N–H and O–H groups in total. The van der Waals surface area contributed by atoms with Crippen molar-refractivity contribution in [3.63, 3.8) is 0 Å². The fourth-order valence-electron chi connectivity index (χ4n) is 2.29. The Morgan fingerprint density at radius 3 is 1.96 bits per heavy atom. The minimum atomic E-state index is -0.178. The number of methoxy groups -OCH3 is 4. The van der Waals surface area contributed by atoms with E-state index in [9.17, 15) is 4.79 Å². The van der Waals surface area contributed by atoms with Crippen molar-refractivity contribution in [2.45, 2.75) is 6.42 Å². The Balaban J connectivity index is 2.18. The molecule has 2 aromatic rings. The Labute approximate surface area is 155 Å². The maximum atomic E-state index is 12.4. The van der Waals surface area contributed by atoms with Gasteiger partial charge in [-0.15, -0.1) is 0 Å². The average molecular weight is 410 g/mol. The van der Waals surface area contributed by atoms with Gasteiger partial charge in [0.05, 0.1) is 34.9 Å². The van der Waals surface area contributed by atoms with Crippen LogP contribution in [0.2, 0.25) is 0 Å². The number of halogens is 1. The zero-order valence-corrected chi connectivity index (χ0v) is 16.1. The number of benzene rings is 2. The highest BCUT2D eigenvalue weighted by Crippen LogP contribution is 2.33. The molecule has 2 aromatic carbocycles. The highest BCUT2D eigenvalue weighted by molar-refractivity contribution is 9.10. The SMILES string of the molecule is COc1cc(NC(=O)Cc2cc(OC)c(OC)cc2Br)cc(OC)c1. The summed E-state index contributed by atoms with van der Waals surface area (Å²) in [6, 6.07) is 8.74. The van der Waals surface area contributed by atoms with Gasteiger partial charge in [-0.25, -0.2) is 0 Å². The molecule has 0 atom stereocenters. The van der Waals surface area contributed by atoms with E-state index in [-0.39, 0.29) is 12.3 Å². The fourth-order valence-corrected chi connectivity index (χ4v) is 2.75. The lowest BCUT2D eigenvalue weighted by atomic mass is 10.1. The Bertz CT molecular complexity index is 741. The second-order valence-electron chi connectivity index (χ2n) is 5.12. The third-order valence-corrected chi connectivity index (χ3v) is 4.28. The van der Waals surface area contributed by atoms with Crippen molar-refractivity contribution in [3.8, 4) is 23.0 Å². The highest BCUT2D eigenvalue weighted by atomic mass is 79.9. The molecule has 25 heavy (non-hydrogen) atoms. The Morgan fingerprint density at radius 2 is 1.44 bits per heavy atom. The number of amides is 1. The second kappa shape index (κ2) is 8.62. The monoisotopic (exact) mass is 409 g/mol. The third-order valence-electron chi connectivity index (χ3n) is 3.54. The van der Waals surface area contributed by atoms with Gasteiger partial charge in [0.1, 0.15) is 11.5 Å². The van der Waals surface area contributed by atoms with Crippen molar-refractivity contribution < 1.29 is 23.7 Å². The minimum absolute atomic E-state index is 0.167. The second-order valence-corrected chi connectivity index (χ2v) is 5.98. The number of carbonyl (C=O) groups excluding carboxylic acids is 1. The van der Waals surface area contributed by atoms with Crippen LogP contribution in [0.5, 0.6) is 23.0 Å². The third kappa shape index (κ3) is 4.79. The summed E-state index contributed by atoms with van der Waals surface area (Å²) in [6.07, 6.45) is 0.167. The summed E-state index contributed by atoms with van der Waals surface area (Å²) in [5.74, 6) is 2.18. The number of hydrogen-bond donors (Lipinski definition) is 1. The smallest absolute Gasteiger partial charge is 0.228 e. The first-order chi connectivity index (χ1) is 12.0. The topological polar surface area (TPSA) is 66.0 Å². The molecule has 0 aliphatic heterocycles. The van der Waals surface area contributed by atoms with Crippen LogP contribution in [0.1, 0.15) is 5.56 Å². The van der Waals surface area contributed by atoms with Crippen LogP contribution in [0.4, 0.5) is 5.69 Å². The van der Waals surface area contributed by atoms with E-state index in [0.29, 0.717) is 28.7 Å². The zero-order valence-electron chi connectivity index (χ0n) is 14.5. The van der Waals surface area contributed by atoms with Crippen molar-refractivity contribution in [1.82, 2.24) is 0 Å². The molecule has 0 aliphatic carbocycles. The molecule has 0 heterocycles. The van der Waals surface area contributed by atoms with E-state index in [4.69, 9.17) is 18.9 Å². The standard InChI is InChI=1S/C18H20BrNO5/c1-22-13-7-12(8-14(9-13)23-2)20-18(21)6-11-5-16(24-3)17(25-4)10-15(11)19/h5,7-10H,6H2,1-4H3,(H,20,21). The first-order valence-corrected chi connectivity index (χ1v) is 8.23. The minimum Gasteiger partial charge on any atom is -0.497 e. The van der Waals surface area contributed by atoms with Crippen LogP contribution in [0.3, 0.4) is 0 Å². The van der Waals surface area contributed by atoms with Gasteiger partial charge in [-0.1, -0.05) is 15.9 Å². The van der Waals surface area contributed by atoms with E-state index in [1.807, 2.05) is 0 Å². The first kappa shape index (κ1) is 18.9. The molecule has 6 nitrogen and oxygen atoms in total. The largest absolute Gasteiger partial charge is 0.497 e. The normalized spacial score (nSPS) is 10.1. The molecule has 0 bridgehead atoms. The van der Waals surface area contributed by atoms with Crippen molar-refractivity contribution in [1.29, 1.82) is 0 Å². The summed E-state index contributed by atoms with van der Waals surface area (Å²) >= 11 is 3.46. The summed E-state index contributed by atoms with van der Waals surface area (Å²) in [4.78, 5) is 12.4. The van der Waals surface area contributed by atoms with Gasteiger partial charge in [-0.3, -0.25) is 4.79 Å². The summed E-state index contributed by atoms with van der Waals surface area (Å²) in [7, 11) is 6.23. The van der Waals surface area contributed by atoms with Gasteiger partial charge < -0.3 is 24.3 Å². The van der Waals surface area contributed by atoms with Gasteiger partial charge in [0.25, 0.3) is 0 Å². The number of ether oxygens (including phenoxy) is 4. The summed E-state index contributed by atoms with van der Waals surface area (Å²) < 4.78 is 21.7. The molecular formula is C18H20BrNO5. The molecule has 0 saturated heterocycles. The number of hydrogen-bond acceptors (Lipinski definition) is 5. The molecule has 0 aliphatic rings. The molecule has 7 heteroatoms. The van der Waals surface area contributed by atoms with E-state index in [1.165, 1.54) is 0 Å². The van der Waals surface area contributed by atoms with E-state index in [2.05, 4.69) is 21.2 Å². The molecule has 0 spiro atoms.